The number of anilines is 2. The summed E-state index contributed by atoms with van der Waals surface area (Å²) >= 11 is 1.60. The van der Waals surface area contributed by atoms with Crippen molar-refractivity contribution >= 4 is 23.6 Å². The van der Waals surface area contributed by atoms with Crippen LogP contribution < -0.4 is 10.0 Å². The number of nitrogens with one attached hydrogen (secondary N) is 3. The highest BCUT2D eigenvalue weighted by Gasteiger charge is 2.30. The van der Waals surface area contributed by atoms with E-state index in [1.165, 1.54) is 0 Å². The molecule has 1 saturated carbocycles. The fourth-order valence-electron chi connectivity index (χ4n) is 3.49. The van der Waals surface area contributed by atoms with Crippen molar-refractivity contribution in [1.29, 1.82) is 0 Å². The molecule has 3 aromatic rings. The minimum Gasteiger partial charge on any atom is -0.357 e. The van der Waals surface area contributed by atoms with Gasteiger partial charge in [0.1, 0.15) is 11.6 Å². The van der Waals surface area contributed by atoms with Gasteiger partial charge < -0.3 is 15.0 Å². The number of rotatable bonds is 9. The average molecular weight is 427 g/mol. The Hall–Kier alpha value is -2.61. The van der Waals surface area contributed by atoms with Crippen LogP contribution >= 0.6 is 11.9 Å². The molecule has 1 aliphatic rings. The number of hydrogen-bond acceptors (Lipinski definition) is 6. The van der Waals surface area contributed by atoms with Crippen LogP contribution in [0.2, 0.25) is 0 Å². The van der Waals surface area contributed by atoms with Gasteiger partial charge in [0.15, 0.2) is 0 Å². The smallest absolute Gasteiger partial charge is 0.222 e. The van der Waals surface area contributed by atoms with Gasteiger partial charge in [-0.05, 0) is 49.4 Å². The largest absolute Gasteiger partial charge is 0.357 e. The van der Waals surface area contributed by atoms with E-state index >= 15 is 0 Å². The van der Waals surface area contributed by atoms with Crippen LogP contribution in [0, 0.1) is 5.82 Å². The van der Waals surface area contributed by atoms with Crippen molar-refractivity contribution in [3.63, 3.8) is 0 Å². The summed E-state index contributed by atoms with van der Waals surface area (Å²) in [6, 6.07) is 5.02. The molecule has 0 radical (unpaired) electrons. The second-order valence-corrected chi connectivity index (χ2v) is 8.32. The molecular weight excluding hydrogens is 399 g/mol. The zero-order chi connectivity index (χ0) is 21.1. The molecule has 0 bridgehead atoms. The molecule has 0 aliphatic heterocycles. The third-order valence-corrected chi connectivity index (χ3v) is 6.11. The number of benzene rings is 1. The van der Waals surface area contributed by atoms with E-state index in [1.807, 2.05) is 6.07 Å². The minimum atomic E-state index is -0.276. The Labute approximate surface area is 180 Å². The van der Waals surface area contributed by atoms with Crippen molar-refractivity contribution in [1.82, 2.24) is 19.9 Å². The van der Waals surface area contributed by atoms with Gasteiger partial charge >= 0.3 is 0 Å². The van der Waals surface area contributed by atoms with Gasteiger partial charge in [0.2, 0.25) is 5.95 Å². The molecule has 0 atom stereocenters. The topological polar surface area (TPSA) is 78.5 Å². The van der Waals surface area contributed by atoms with E-state index in [-0.39, 0.29) is 5.82 Å². The molecule has 0 saturated heterocycles. The van der Waals surface area contributed by atoms with Crippen LogP contribution in [0.5, 0.6) is 0 Å². The van der Waals surface area contributed by atoms with Crippen LogP contribution in [-0.4, -0.2) is 32.7 Å². The number of halogens is 1. The van der Waals surface area contributed by atoms with Gasteiger partial charge in [0.05, 0.1) is 22.8 Å². The van der Waals surface area contributed by atoms with Gasteiger partial charge in [-0.15, -0.1) is 0 Å². The molecule has 8 heteroatoms. The molecule has 1 aliphatic carbocycles. The Morgan fingerprint density at radius 2 is 2.07 bits per heavy atom. The quantitative estimate of drug-likeness (QED) is 0.304. The number of nitrogens with zero attached hydrogens (tertiary/aromatic N) is 3. The van der Waals surface area contributed by atoms with E-state index in [0.29, 0.717) is 11.9 Å². The number of H-pyrrole nitrogens is 1. The lowest BCUT2D eigenvalue weighted by atomic mass is 9.98. The molecule has 30 heavy (non-hydrogen) atoms. The van der Waals surface area contributed by atoms with E-state index in [4.69, 9.17) is 4.98 Å². The van der Waals surface area contributed by atoms with E-state index in [2.05, 4.69) is 38.8 Å². The molecule has 0 spiro atoms. The first-order chi connectivity index (χ1) is 14.6. The highest BCUT2D eigenvalue weighted by atomic mass is 32.2. The zero-order valence-corrected chi connectivity index (χ0v) is 18.4. The molecule has 0 unspecified atom stereocenters. The highest BCUT2D eigenvalue weighted by molar-refractivity contribution is 8.00. The average Bonchev–Trinajstić information content (AvgIpc) is 3.52. The second kappa shape index (κ2) is 9.04. The first-order valence-electron chi connectivity index (χ1n) is 10.5. The van der Waals surface area contributed by atoms with Gasteiger partial charge in [0, 0.05) is 30.5 Å². The van der Waals surface area contributed by atoms with E-state index in [1.54, 1.807) is 37.3 Å². The number of hydrogen-bond donors (Lipinski definition) is 3. The Bertz CT molecular complexity index is 1030. The summed E-state index contributed by atoms with van der Waals surface area (Å²) < 4.78 is 18.0. The minimum absolute atomic E-state index is 0.276. The zero-order valence-electron chi connectivity index (χ0n) is 17.6. The lowest BCUT2D eigenvalue weighted by Gasteiger charge is -2.15. The van der Waals surface area contributed by atoms with Crippen molar-refractivity contribution in [2.24, 2.45) is 0 Å². The standard InChI is InChI=1S/C22H27FN6S/c1-4-10-30-29-18-12-14(23)11-16(15(18)5-2)19-20(28-21(27-19)13-6-7-13)17-8-9-25-22(24-3)26-17/h8-9,11-13,29H,4-7,10H2,1-3H3,(H,27,28)(H,24,25,26). The third kappa shape index (κ3) is 4.28. The SMILES string of the molecule is CCCSNc1cc(F)cc(-c2nc(C3CC3)[nH]c2-c2ccnc(NC)n2)c1CC. The Morgan fingerprint density at radius 1 is 1.23 bits per heavy atom. The Morgan fingerprint density at radius 3 is 2.77 bits per heavy atom. The molecule has 1 fully saturated rings. The fraction of sp³-hybridized carbons (Fsp3) is 0.409. The van der Waals surface area contributed by atoms with Crippen LogP contribution in [0.3, 0.4) is 0 Å². The number of aromatic nitrogens is 4. The number of aromatic amines is 1. The maximum Gasteiger partial charge on any atom is 0.222 e. The van der Waals surface area contributed by atoms with Crippen molar-refractivity contribution in [3.05, 3.63) is 41.6 Å². The predicted molar refractivity (Wildman–Crippen MR) is 122 cm³/mol. The van der Waals surface area contributed by atoms with E-state index < -0.39 is 0 Å². The van der Waals surface area contributed by atoms with Crippen LogP contribution in [0.15, 0.2) is 24.4 Å². The van der Waals surface area contributed by atoms with E-state index in [9.17, 15) is 4.39 Å². The van der Waals surface area contributed by atoms with E-state index in [0.717, 1.165) is 71.2 Å². The van der Waals surface area contributed by atoms with Crippen molar-refractivity contribution in [2.45, 2.75) is 45.4 Å². The second-order valence-electron chi connectivity index (χ2n) is 7.42. The lowest BCUT2D eigenvalue weighted by molar-refractivity contribution is 0.628. The lowest BCUT2D eigenvalue weighted by Crippen LogP contribution is -2.00. The summed E-state index contributed by atoms with van der Waals surface area (Å²) in [6.45, 7) is 4.22. The molecular formula is C22H27FN6S. The summed E-state index contributed by atoms with van der Waals surface area (Å²) in [5.74, 6) is 2.62. The molecule has 4 rings (SSSR count). The summed E-state index contributed by atoms with van der Waals surface area (Å²) in [4.78, 5) is 17.2. The third-order valence-electron chi connectivity index (χ3n) is 5.13. The van der Waals surface area contributed by atoms with Gasteiger partial charge in [-0.2, -0.15) is 0 Å². The molecule has 0 amide bonds. The monoisotopic (exact) mass is 426 g/mol. The predicted octanol–water partition coefficient (Wildman–Crippen LogP) is 5.62. The van der Waals surface area contributed by atoms with Crippen LogP contribution in [-0.2, 0) is 6.42 Å². The van der Waals surface area contributed by atoms with Crippen LogP contribution in [0.4, 0.5) is 16.0 Å². The van der Waals surface area contributed by atoms with Gasteiger partial charge in [-0.25, -0.2) is 19.3 Å². The molecule has 2 aromatic heterocycles. The summed E-state index contributed by atoms with van der Waals surface area (Å²) in [5, 5.41) is 2.98. The Balaban J connectivity index is 1.85. The summed E-state index contributed by atoms with van der Waals surface area (Å²) in [7, 11) is 1.79. The van der Waals surface area contributed by atoms with Crippen LogP contribution in [0.1, 0.15) is 50.4 Å². The highest BCUT2D eigenvalue weighted by Crippen LogP contribution is 2.43. The summed E-state index contributed by atoms with van der Waals surface area (Å²) in [5.41, 5.74) is 4.97. The van der Waals surface area contributed by atoms with Crippen molar-refractivity contribution in [3.8, 4) is 22.6 Å². The fourth-order valence-corrected chi connectivity index (χ4v) is 4.13. The first kappa shape index (κ1) is 20.7. The molecule has 3 N–H and O–H groups in total. The maximum atomic E-state index is 14.6. The van der Waals surface area contributed by atoms with Gasteiger partial charge in [-0.3, -0.25) is 0 Å². The molecule has 6 nitrogen and oxygen atoms in total. The normalized spacial score (nSPS) is 13.5. The first-order valence-corrected chi connectivity index (χ1v) is 11.4. The molecule has 2 heterocycles. The maximum absolute atomic E-state index is 14.6. The van der Waals surface area contributed by atoms with Crippen molar-refractivity contribution in [2.75, 3.05) is 22.8 Å². The van der Waals surface area contributed by atoms with Gasteiger partial charge in [0.25, 0.3) is 0 Å². The van der Waals surface area contributed by atoms with Crippen molar-refractivity contribution < 1.29 is 4.39 Å². The summed E-state index contributed by atoms with van der Waals surface area (Å²) in [6.07, 6.45) is 5.79. The van der Waals surface area contributed by atoms with Gasteiger partial charge in [-0.1, -0.05) is 25.8 Å². The Kier molecular flexibility index (Phi) is 6.22. The molecule has 1 aromatic carbocycles. The number of imidazole rings is 1. The molecule has 158 valence electrons. The van der Waals surface area contributed by atoms with Crippen LogP contribution in [0.25, 0.3) is 22.6 Å².